The molecule has 0 spiro atoms. The molecule has 21 heavy (non-hydrogen) atoms. The molecule has 0 aromatic carbocycles. The molecule has 0 amide bonds. The second-order valence-electron chi connectivity index (χ2n) is 5.47. The van der Waals surface area contributed by atoms with Crippen molar-refractivity contribution >= 4 is 11.3 Å². The third-order valence-electron chi connectivity index (χ3n) is 4.07. The zero-order chi connectivity index (χ0) is 14.7. The Hall–Kier alpha value is -1.24. The predicted octanol–water partition coefficient (Wildman–Crippen LogP) is 2.57. The summed E-state index contributed by atoms with van der Waals surface area (Å²) in [5.74, 6) is 1.55. The Bertz CT molecular complexity index is 546. The number of hydrogen-bond acceptors (Lipinski definition) is 6. The molecule has 0 radical (unpaired) electrons. The van der Waals surface area contributed by atoms with Crippen LogP contribution < -0.4 is 0 Å². The van der Waals surface area contributed by atoms with Crippen LogP contribution in [0, 0.1) is 0 Å². The van der Waals surface area contributed by atoms with E-state index in [2.05, 4.69) is 44.4 Å². The van der Waals surface area contributed by atoms with Crippen LogP contribution >= 0.6 is 11.3 Å². The fraction of sp³-hybridized carbons (Fsp3) is 0.600. The molecule has 6 heteroatoms. The summed E-state index contributed by atoms with van der Waals surface area (Å²) in [7, 11) is 0. The van der Waals surface area contributed by atoms with Crippen molar-refractivity contribution in [2.24, 2.45) is 0 Å². The molecule has 3 rings (SSSR count). The Balaban J connectivity index is 1.52. The van der Waals surface area contributed by atoms with Crippen LogP contribution in [0.4, 0.5) is 0 Å². The van der Waals surface area contributed by atoms with Crippen molar-refractivity contribution in [2.45, 2.75) is 32.9 Å². The van der Waals surface area contributed by atoms with E-state index in [1.807, 2.05) is 18.3 Å². The highest BCUT2D eigenvalue weighted by atomic mass is 32.1. The van der Waals surface area contributed by atoms with Gasteiger partial charge in [-0.2, -0.15) is 4.98 Å². The van der Waals surface area contributed by atoms with Crippen LogP contribution in [0.2, 0.25) is 0 Å². The molecular weight excluding hydrogens is 284 g/mol. The van der Waals surface area contributed by atoms with Crippen molar-refractivity contribution in [1.82, 2.24) is 19.9 Å². The maximum absolute atomic E-state index is 5.37. The second kappa shape index (κ2) is 6.68. The van der Waals surface area contributed by atoms with Gasteiger partial charge in [0.2, 0.25) is 5.89 Å². The molecule has 3 heterocycles. The third kappa shape index (κ3) is 3.51. The minimum atomic E-state index is 0.210. The van der Waals surface area contributed by atoms with Crippen molar-refractivity contribution in [3.8, 4) is 0 Å². The molecule has 2 aromatic heterocycles. The normalized spacial score (nSPS) is 19.0. The number of rotatable bonds is 5. The molecular formula is C15H22N4OS. The van der Waals surface area contributed by atoms with E-state index in [0.717, 1.165) is 50.9 Å². The lowest BCUT2D eigenvalue weighted by molar-refractivity contribution is 0.0850. The summed E-state index contributed by atoms with van der Waals surface area (Å²) < 4.78 is 5.37. The van der Waals surface area contributed by atoms with Crippen LogP contribution in [-0.2, 0) is 13.0 Å². The van der Waals surface area contributed by atoms with E-state index in [9.17, 15) is 0 Å². The maximum atomic E-state index is 5.37. The molecule has 1 fully saturated rings. The minimum Gasteiger partial charge on any atom is -0.338 e. The monoisotopic (exact) mass is 306 g/mol. The van der Waals surface area contributed by atoms with Crippen molar-refractivity contribution in [1.29, 1.82) is 0 Å². The van der Waals surface area contributed by atoms with Gasteiger partial charge >= 0.3 is 0 Å². The van der Waals surface area contributed by atoms with Gasteiger partial charge in [-0.25, -0.2) is 0 Å². The molecule has 114 valence electrons. The minimum absolute atomic E-state index is 0.210. The van der Waals surface area contributed by atoms with E-state index >= 15 is 0 Å². The summed E-state index contributed by atoms with van der Waals surface area (Å²) in [6.45, 7) is 9.56. The maximum Gasteiger partial charge on any atom is 0.243 e. The molecule has 2 aromatic rings. The molecule has 1 aliphatic rings. The highest BCUT2D eigenvalue weighted by Crippen LogP contribution is 2.21. The standard InChI is InChI=1S/C15H22N4OS/c1-3-14-16-15(20-17-14)12(2)19-8-6-18(7-9-19)11-13-5-4-10-21-13/h4-5,10,12H,3,6-9,11H2,1-2H3/t12-/m0/s1. The second-order valence-corrected chi connectivity index (χ2v) is 6.50. The fourth-order valence-electron chi connectivity index (χ4n) is 2.67. The van der Waals surface area contributed by atoms with Gasteiger partial charge in [-0.15, -0.1) is 11.3 Å². The quantitative estimate of drug-likeness (QED) is 0.849. The average Bonchev–Trinajstić information content (AvgIpc) is 3.18. The first-order chi connectivity index (χ1) is 10.3. The molecule has 5 nitrogen and oxygen atoms in total. The molecule has 0 bridgehead atoms. The van der Waals surface area contributed by atoms with Crippen molar-refractivity contribution < 1.29 is 4.52 Å². The van der Waals surface area contributed by atoms with Gasteiger partial charge in [0, 0.05) is 44.0 Å². The lowest BCUT2D eigenvalue weighted by Gasteiger charge is -2.36. The summed E-state index contributed by atoms with van der Waals surface area (Å²) in [6, 6.07) is 4.55. The summed E-state index contributed by atoms with van der Waals surface area (Å²) >= 11 is 1.84. The van der Waals surface area contributed by atoms with Crippen LogP contribution in [0.3, 0.4) is 0 Å². The summed E-state index contributed by atoms with van der Waals surface area (Å²) in [5.41, 5.74) is 0. The Morgan fingerprint density at radius 2 is 2.14 bits per heavy atom. The van der Waals surface area contributed by atoms with E-state index in [1.54, 1.807) is 0 Å². The first-order valence-corrected chi connectivity index (χ1v) is 8.45. The molecule has 0 aliphatic carbocycles. The first kappa shape index (κ1) is 14.7. The summed E-state index contributed by atoms with van der Waals surface area (Å²) in [4.78, 5) is 10.8. The van der Waals surface area contributed by atoms with Crippen LogP contribution in [0.5, 0.6) is 0 Å². The van der Waals surface area contributed by atoms with Crippen LogP contribution in [0.1, 0.15) is 36.5 Å². The molecule has 1 aliphatic heterocycles. The van der Waals surface area contributed by atoms with Crippen LogP contribution in [-0.4, -0.2) is 46.1 Å². The lowest BCUT2D eigenvalue weighted by Crippen LogP contribution is -2.46. The number of nitrogens with zero attached hydrogens (tertiary/aromatic N) is 4. The Kier molecular flexibility index (Phi) is 4.67. The molecule has 1 atom stereocenters. The van der Waals surface area contributed by atoms with Gasteiger partial charge in [-0.1, -0.05) is 18.1 Å². The Morgan fingerprint density at radius 1 is 1.33 bits per heavy atom. The zero-order valence-corrected chi connectivity index (χ0v) is 13.5. The molecule has 0 saturated carbocycles. The zero-order valence-electron chi connectivity index (χ0n) is 12.7. The van der Waals surface area contributed by atoms with Crippen LogP contribution in [0.25, 0.3) is 0 Å². The van der Waals surface area contributed by atoms with Crippen molar-refractivity contribution in [2.75, 3.05) is 26.2 Å². The predicted molar refractivity (Wildman–Crippen MR) is 83.3 cm³/mol. The number of hydrogen-bond donors (Lipinski definition) is 0. The van der Waals surface area contributed by atoms with Gasteiger partial charge in [-0.05, 0) is 18.4 Å². The van der Waals surface area contributed by atoms with Gasteiger partial charge in [0.05, 0.1) is 6.04 Å². The van der Waals surface area contributed by atoms with E-state index < -0.39 is 0 Å². The number of aryl methyl sites for hydroxylation is 1. The van der Waals surface area contributed by atoms with Crippen LogP contribution in [0.15, 0.2) is 22.0 Å². The summed E-state index contributed by atoms with van der Waals surface area (Å²) in [5, 5.41) is 6.14. The average molecular weight is 306 g/mol. The first-order valence-electron chi connectivity index (χ1n) is 7.57. The topological polar surface area (TPSA) is 45.4 Å². The van der Waals surface area contributed by atoms with Gasteiger partial charge in [0.1, 0.15) is 0 Å². The molecule has 0 unspecified atom stereocenters. The van der Waals surface area contributed by atoms with Crippen molar-refractivity contribution in [3.05, 3.63) is 34.1 Å². The van der Waals surface area contributed by atoms with E-state index in [4.69, 9.17) is 4.52 Å². The number of piperazine rings is 1. The SMILES string of the molecule is CCc1noc([C@H](C)N2CCN(Cc3cccs3)CC2)n1. The van der Waals surface area contributed by atoms with E-state index in [1.165, 1.54) is 4.88 Å². The fourth-order valence-corrected chi connectivity index (χ4v) is 3.41. The van der Waals surface area contributed by atoms with Gasteiger partial charge in [0.25, 0.3) is 0 Å². The van der Waals surface area contributed by atoms with Gasteiger partial charge in [0.15, 0.2) is 5.82 Å². The smallest absolute Gasteiger partial charge is 0.243 e. The summed E-state index contributed by atoms with van der Waals surface area (Å²) in [6.07, 6.45) is 0.824. The number of thiophene rings is 1. The lowest BCUT2D eigenvalue weighted by atomic mass is 10.2. The highest BCUT2D eigenvalue weighted by Gasteiger charge is 2.25. The van der Waals surface area contributed by atoms with Gasteiger partial charge < -0.3 is 4.52 Å². The van der Waals surface area contributed by atoms with Gasteiger partial charge in [-0.3, -0.25) is 9.80 Å². The van der Waals surface area contributed by atoms with E-state index in [-0.39, 0.29) is 6.04 Å². The highest BCUT2D eigenvalue weighted by molar-refractivity contribution is 7.09. The Morgan fingerprint density at radius 3 is 2.76 bits per heavy atom. The number of aromatic nitrogens is 2. The Labute approximate surface area is 129 Å². The molecule has 0 N–H and O–H groups in total. The largest absolute Gasteiger partial charge is 0.338 e. The van der Waals surface area contributed by atoms with E-state index in [0.29, 0.717) is 0 Å². The third-order valence-corrected chi connectivity index (χ3v) is 4.93. The van der Waals surface area contributed by atoms with Crippen molar-refractivity contribution in [3.63, 3.8) is 0 Å². The molecule has 1 saturated heterocycles.